The molecule has 1 aliphatic heterocycles. The summed E-state index contributed by atoms with van der Waals surface area (Å²) < 4.78 is 5.77. The van der Waals surface area contributed by atoms with Crippen LogP contribution in [0.3, 0.4) is 0 Å². The number of fused-ring (bicyclic) bond motifs is 1. The van der Waals surface area contributed by atoms with Gasteiger partial charge in [-0.3, -0.25) is 34.9 Å². The van der Waals surface area contributed by atoms with Crippen LogP contribution in [0.4, 0.5) is 5.69 Å². The molecule has 36 heavy (non-hydrogen) atoms. The number of hydrogen-bond acceptors (Lipinski definition) is 6. The van der Waals surface area contributed by atoms with E-state index >= 15 is 0 Å². The molecule has 2 N–H and O–H groups in total. The van der Waals surface area contributed by atoms with Gasteiger partial charge in [0.2, 0.25) is 11.8 Å². The molecule has 2 fully saturated rings. The number of alkyl halides is 2. The molecular formula is C24H20BrCl2N3O6. The SMILES string of the molecule is O=C(COC(=O)c1ccc(N2C(=O)[C@@H]3C[C@H](Cl)[C@@H](Cl)C[C@H]3C2=O)cc1)NNC(=O)c1ccc(Br)cc1. The zero-order valence-electron chi connectivity index (χ0n) is 18.6. The van der Waals surface area contributed by atoms with Gasteiger partial charge in [0.25, 0.3) is 11.8 Å². The van der Waals surface area contributed by atoms with Gasteiger partial charge in [-0.05, 0) is 61.4 Å². The van der Waals surface area contributed by atoms with E-state index in [9.17, 15) is 24.0 Å². The van der Waals surface area contributed by atoms with Crippen molar-refractivity contribution in [2.75, 3.05) is 11.5 Å². The molecule has 0 aromatic heterocycles. The standard InChI is InChI=1S/C24H20BrCl2N3O6/c25-14-5-1-12(2-6-14)21(32)29-28-20(31)11-36-24(35)13-3-7-15(8-4-13)30-22(33)16-9-18(26)19(27)10-17(16)23(30)34/h1-8,16-19H,9-11H2,(H,28,31)(H,29,32)/t16-,17-,18+,19+/m1/s1. The fraction of sp³-hybridized carbons (Fsp3) is 0.292. The van der Waals surface area contributed by atoms with Crippen molar-refractivity contribution in [3.8, 4) is 0 Å². The Balaban J connectivity index is 1.29. The van der Waals surface area contributed by atoms with Gasteiger partial charge in [0.1, 0.15) is 0 Å². The van der Waals surface area contributed by atoms with Crippen molar-refractivity contribution in [2.45, 2.75) is 23.6 Å². The van der Waals surface area contributed by atoms with Gasteiger partial charge in [0.05, 0.1) is 33.8 Å². The summed E-state index contributed by atoms with van der Waals surface area (Å²) in [5, 5.41) is -0.763. The van der Waals surface area contributed by atoms with Crippen molar-refractivity contribution < 1.29 is 28.7 Å². The van der Waals surface area contributed by atoms with Crippen LogP contribution in [0.2, 0.25) is 0 Å². The third-order valence-corrected chi connectivity index (χ3v) is 7.65. The Morgan fingerprint density at radius 3 is 1.94 bits per heavy atom. The van der Waals surface area contributed by atoms with Crippen LogP contribution in [-0.2, 0) is 19.1 Å². The molecule has 2 aromatic rings. The van der Waals surface area contributed by atoms with Crippen LogP contribution >= 0.6 is 39.1 Å². The molecule has 2 aliphatic rings. The average molecular weight is 597 g/mol. The number of hydrazine groups is 1. The van der Waals surface area contributed by atoms with Crippen molar-refractivity contribution in [2.24, 2.45) is 11.8 Å². The maximum Gasteiger partial charge on any atom is 0.338 e. The number of esters is 1. The quantitative estimate of drug-likeness (QED) is 0.237. The topological polar surface area (TPSA) is 122 Å². The molecule has 9 nitrogen and oxygen atoms in total. The fourth-order valence-electron chi connectivity index (χ4n) is 4.15. The van der Waals surface area contributed by atoms with Gasteiger partial charge < -0.3 is 4.74 Å². The number of ether oxygens (including phenoxy) is 1. The lowest BCUT2D eigenvalue weighted by atomic mass is 9.80. The highest BCUT2D eigenvalue weighted by molar-refractivity contribution is 9.10. The summed E-state index contributed by atoms with van der Waals surface area (Å²) in [4.78, 5) is 63.0. The van der Waals surface area contributed by atoms with Crippen molar-refractivity contribution in [3.63, 3.8) is 0 Å². The van der Waals surface area contributed by atoms with E-state index in [2.05, 4.69) is 26.8 Å². The molecule has 0 unspecified atom stereocenters. The zero-order chi connectivity index (χ0) is 26.0. The molecule has 4 rings (SSSR count). The first-order valence-electron chi connectivity index (χ1n) is 10.9. The molecule has 1 heterocycles. The van der Waals surface area contributed by atoms with Gasteiger partial charge in [-0.15, -0.1) is 23.2 Å². The lowest BCUT2D eigenvalue weighted by molar-refractivity contribution is -0.125. The highest BCUT2D eigenvalue weighted by Gasteiger charge is 2.52. The minimum Gasteiger partial charge on any atom is -0.452 e. The molecular weight excluding hydrogens is 577 g/mol. The molecule has 1 saturated carbocycles. The predicted octanol–water partition coefficient (Wildman–Crippen LogP) is 3.18. The zero-order valence-corrected chi connectivity index (χ0v) is 21.7. The van der Waals surface area contributed by atoms with Gasteiger partial charge in [-0.1, -0.05) is 15.9 Å². The summed E-state index contributed by atoms with van der Waals surface area (Å²) in [5.41, 5.74) is 5.15. The van der Waals surface area contributed by atoms with Crippen LogP contribution in [-0.4, -0.2) is 47.0 Å². The second-order valence-corrected chi connectivity index (χ2v) is 10.4. The highest BCUT2D eigenvalue weighted by atomic mass is 79.9. The number of carbonyl (C=O) groups is 5. The van der Waals surface area contributed by atoms with Crippen LogP contribution in [0.1, 0.15) is 33.6 Å². The summed E-state index contributed by atoms with van der Waals surface area (Å²) >= 11 is 15.7. The highest BCUT2D eigenvalue weighted by Crippen LogP contribution is 2.43. The van der Waals surface area contributed by atoms with Crippen LogP contribution in [0.15, 0.2) is 53.0 Å². The van der Waals surface area contributed by atoms with Crippen molar-refractivity contribution in [1.29, 1.82) is 0 Å². The number of imide groups is 1. The molecule has 2 aromatic carbocycles. The maximum atomic E-state index is 12.8. The molecule has 188 valence electrons. The Bertz CT molecular complexity index is 1180. The lowest BCUT2D eigenvalue weighted by Crippen LogP contribution is -2.43. The number of anilines is 1. The minimum atomic E-state index is -0.793. The number of nitrogens with one attached hydrogen (secondary N) is 2. The average Bonchev–Trinajstić information content (AvgIpc) is 3.10. The summed E-state index contributed by atoms with van der Waals surface area (Å²) in [6.07, 6.45) is 0.662. The van der Waals surface area contributed by atoms with E-state index in [1.807, 2.05) is 0 Å². The van der Waals surface area contributed by atoms with Gasteiger partial charge in [-0.25, -0.2) is 4.79 Å². The Kier molecular flexibility index (Phi) is 7.97. The van der Waals surface area contributed by atoms with Crippen LogP contribution in [0.25, 0.3) is 0 Å². The summed E-state index contributed by atoms with van der Waals surface area (Å²) in [6.45, 7) is -0.632. The Hall–Kier alpha value is -2.95. The van der Waals surface area contributed by atoms with Crippen LogP contribution < -0.4 is 15.8 Å². The number of benzene rings is 2. The summed E-state index contributed by atoms with van der Waals surface area (Å²) in [6, 6.07) is 12.2. The Morgan fingerprint density at radius 1 is 0.861 bits per heavy atom. The molecule has 4 atom stereocenters. The van der Waals surface area contributed by atoms with E-state index in [1.165, 1.54) is 24.3 Å². The minimum absolute atomic E-state index is 0.114. The van der Waals surface area contributed by atoms with Crippen LogP contribution in [0.5, 0.6) is 0 Å². The van der Waals surface area contributed by atoms with Gasteiger partial charge in [-0.2, -0.15) is 0 Å². The molecule has 0 spiro atoms. The first-order valence-corrected chi connectivity index (χ1v) is 12.6. The first-order chi connectivity index (χ1) is 17.2. The normalized spacial score (nSPS) is 23.1. The fourth-order valence-corrected chi connectivity index (χ4v) is 5.00. The van der Waals surface area contributed by atoms with Gasteiger partial charge in [0.15, 0.2) is 6.61 Å². The number of rotatable bonds is 5. The van der Waals surface area contributed by atoms with E-state index in [1.54, 1.807) is 24.3 Å². The predicted molar refractivity (Wildman–Crippen MR) is 134 cm³/mol. The summed E-state index contributed by atoms with van der Waals surface area (Å²) in [5.74, 6) is -3.76. The van der Waals surface area contributed by atoms with E-state index in [0.717, 1.165) is 9.37 Å². The number of amides is 4. The maximum absolute atomic E-state index is 12.8. The number of nitrogens with zero attached hydrogens (tertiary/aromatic N) is 1. The number of carbonyl (C=O) groups excluding carboxylic acids is 5. The monoisotopic (exact) mass is 595 g/mol. The van der Waals surface area contributed by atoms with Gasteiger partial charge in [0, 0.05) is 10.0 Å². The molecule has 1 saturated heterocycles. The Labute approximate surface area is 224 Å². The third-order valence-electron chi connectivity index (χ3n) is 6.03. The second kappa shape index (κ2) is 11.0. The largest absolute Gasteiger partial charge is 0.452 e. The lowest BCUT2D eigenvalue weighted by Gasteiger charge is -2.28. The van der Waals surface area contributed by atoms with Gasteiger partial charge >= 0.3 is 5.97 Å². The van der Waals surface area contributed by atoms with E-state index in [0.29, 0.717) is 24.1 Å². The van der Waals surface area contributed by atoms with Crippen LogP contribution in [0, 0.1) is 11.8 Å². The molecule has 0 bridgehead atoms. The number of hydrogen-bond donors (Lipinski definition) is 2. The first kappa shape index (κ1) is 26.1. The smallest absolute Gasteiger partial charge is 0.338 e. The molecule has 0 radical (unpaired) electrons. The van der Waals surface area contributed by atoms with Crippen molar-refractivity contribution in [1.82, 2.24) is 10.9 Å². The van der Waals surface area contributed by atoms with E-state index in [4.69, 9.17) is 27.9 Å². The Morgan fingerprint density at radius 2 is 1.39 bits per heavy atom. The van der Waals surface area contributed by atoms with Crippen molar-refractivity contribution in [3.05, 3.63) is 64.1 Å². The second-order valence-electron chi connectivity index (χ2n) is 8.36. The van der Waals surface area contributed by atoms with Crippen molar-refractivity contribution >= 4 is 74.4 Å². The molecule has 4 amide bonds. The molecule has 1 aliphatic carbocycles. The summed E-state index contributed by atoms with van der Waals surface area (Å²) in [7, 11) is 0. The molecule has 12 heteroatoms. The third kappa shape index (κ3) is 5.55. The number of halogens is 3. The van der Waals surface area contributed by atoms with E-state index in [-0.39, 0.29) is 28.1 Å². The van der Waals surface area contributed by atoms with E-state index < -0.39 is 36.2 Å².